The van der Waals surface area contributed by atoms with Gasteiger partial charge < -0.3 is 4.74 Å². The third kappa shape index (κ3) is 2.69. The Morgan fingerprint density at radius 2 is 1.81 bits per heavy atom. The summed E-state index contributed by atoms with van der Waals surface area (Å²) in [6, 6.07) is 16.7. The van der Waals surface area contributed by atoms with Crippen molar-refractivity contribution in [1.29, 1.82) is 0 Å². The van der Waals surface area contributed by atoms with Crippen molar-refractivity contribution in [2.75, 3.05) is 0 Å². The fraction of sp³-hybridized carbons (Fsp3) is 0.286. The van der Waals surface area contributed by atoms with Gasteiger partial charge in [-0.2, -0.15) is 0 Å². The number of benzene rings is 2. The third-order valence-corrected chi connectivity index (χ3v) is 5.21. The van der Waals surface area contributed by atoms with E-state index in [2.05, 4.69) is 0 Å². The summed E-state index contributed by atoms with van der Waals surface area (Å²) < 4.78 is 5.48. The predicted molar refractivity (Wildman–Crippen MR) is 94.3 cm³/mol. The van der Waals surface area contributed by atoms with E-state index in [1.54, 1.807) is 0 Å². The lowest BCUT2D eigenvalue weighted by Gasteiger charge is -2.23. The average Bonchev–Trinajstić information content (AvgIpc) is 3.14. The second-order valence-electron chi connectivity index (χ2n) is 6.84. The molecule has 0 aromatic heterocycles. The second-order valence-corrected chi connectivity index (χ2v) is 6.84. The summed E-state index contributed by atoms with van der Waals surface area (Å²) in [5.74, 6) is -1.59. The number of Topliss-reactive ketones (excluding diaryl/α,β-unsaturated/α-hetero) is 1. The molecule has 1 aliphatic carbocycles. The van der Waals surface area contributed by atoms with Crippen molar-refractivity contribution in [3.8, 4) is 0 Å². The minimum atomic E-state index is -0.882. The van der Waals surface area contributed by atoms with E-state index in [0.29, 0.717) is 6.42 Å². The second kappa shape index (κ2) is 6.41. The number of carbonyl (C=O) groups is 3. The van der Waals surface area contributed by atoms with E-state index in [-0.39, 0.29) is 18.2 Å². The van der Waals surface area contributed by atoms with Crippen LogP contribution in [0.1, 0.15) is 29.7 Å². The van der Waals surface area contributed by atoms with Crippen LogP contribution in [-0.2, 0) is 27.2 Å². The quantitative estimate of drug-likeness (QED) is 0.796. The topological polar surface area (TPSA) is 63.7 Å². The van der Waals surface area contributed by atoms with Crippen LogP contribution in [0.15, 0.2) is 54.6 Å². The number of amides is 2. The Hall–Kier alpha value is -2.95. The molecule has 2 amide bonds. The molecular weight excluding hydrogens is 330 g/mol. The zero-order valence-electron chi connectivity index (χ0n) is 14.4. The van der Waals surface area contributed by atoms with E-state index < -0.39 is 24.0 Å². The van der Waals surface area contributed by atoms with Crippen LogP contribution >= 0.6 is 0 Å². The number of imide groups is 1. The molecule has 132 valence electrons. The van der Waals surface area contributed by atoms with Crippen LogP contribution in [0.3, 0.4) is 0 Å². The molecular formula is C21H19NO4. The lowest BCUT2D eigenvalue weighted by atomic mass is 9.94. The fourth-order valence-electron chi connectivity index (χ4n) is 3.88. The Bertz CT molecular complexity index is 877. The summed E-state index contributed by atoms with van der Waals surface area (Å²) in [5.41, 5.74) is 2.92. The molecule has 0 bridgehead atoms. The van der Waals surface area contributed by atoms with E-state index in [9.17, 15) is 14.4 Å². The summed E-state index contributed by atoms with van der Waals surface area (Å²) in [5, 5.41) is 0. The summed E-state index contributed by atoms with van der Waals surface area (Å²) >= 11 is 0. The molecule has 2 aromatic rings. The van der Waals surface area contributed by atoms with Gasteiger partial charge in [0.2, 0.25) is 5.91 Å². The van der Waals surface area contributed by atoms with E-state index in [1.165, 1.54) is 11.8 Å². The van der Waals surface area contributed by atoms with Crippen LogP contribution in [0.25, 0.3) is 0 Å². The molecule has 3 atom stereocenters. The van der Waals surface area contributed by atoms with E-state index >= 15 is 0 Å². The Morgan fingerprint density at radius 3 is 2.54 bits per heavy atom. The van der Waals surface area contributed by atoms with Gasteiger partial charge in [0.25, 0.3) is 0 Å². The number of hydrogen-bond donors (Lipinski definition) is 0. The highest BCUT2D eigenvalue weighted by molar-refractivity contribution is 6.06. The maximum atomic E-state index is 13.1. The van der Waals surface area contributed by atoms with Crippen LogP contribution in [0.4, 0.5) is 4.79 Å². The molecule has 0 saturated carbocycles. The lowest BCUT2D eigenvalue weighted by Crippen LogP contribution is -2.45. The number of fused-ring (bicyclic) bond motifs is 3. The van der Waals surface area contributed by atoms with Gasteiger partial charge in [-0.15, -0.1) is 0 Å². The molecule has 0 N–H and O–H groups in total. The Morgan fingerprint density at radius 1 is 1.12 bits per heavy atom. The van der Waals surface area contributed by atoms with Gasteiger partial charge in [0.15, 0.2) is 6.10 Å². The van der Waals surface area contributed by atoms with E-state index in [4.69, 9.17) is 4.74 Å². The molecule has 1 fully saturated rings. The van der Waals surface area contributed by atoms with Crippen LogP contribution in [0, 0.1) is 5.92 Å². The van der Waals surface area contributed by atoms with Gasteiger partial charge in [0, 0.05) is 0 Å². The first kappa shape index (κ1) is 16.5. The van der Waals surface area contributed by atoms with Crippen molar-refractivity contribution in [3.63, 3.8) is 0 Å². The number of hydrogen-bond acceptors (Lipinski definition) is 4. The maximum Gasteiger partial charge on any atom is 0.417 e. The number of rotatable bonds is 4. The van der Waals surface area contributed by atoms with Crippen molar-refractivity contribution in [3.05, 3.63) is 71.3 Å². The lowest BCUT2D eigenvalue weighted by molar-refractivity contribution is -0.139. The first-order chi connectivity index (χ1) is 12.6. The number of carbonyl (C=O) groups excluding carboxylic acids is 3. The van der Waals surface area contributed by atoms with Gasteiger partial charge in [-0.1, -0.05) is 54.6 Å². The molecule has 5 nitrogen and oxygen atoms in total. The standard InChI is InChI=1S/C21H19NO4/c1-13(23)17(11-14-7-3-2-4-8-14)20(24)22-18-12-15-9-5-6-10-16(15)19(18)26-21(22)25/h2-10,17-19H,11-12H2,1H3/t17?,18-,19+/m1/s1. The monoisotopic (exact) mass is 349 g/mol. The molecule has 1 heterocycles. The van der Waals surface area contributed by atoms with Gasteiger partial charge >= 0.3 is 6.09 Å². The van der Waals surface area contributed by atoms with Gasteiger partial charge in [-0.05, 0) is 36.5 Å². The molecule has 2 aromatic carbocycles. The van der Waals surface area contributed by atoms with Crippen molar-refractivity contribution >= 4 is 17.8 Å². The number of ether oxygens (including phenoxy) is 1. The largest absolute Gasteiger partial charge is 0.439 e. The summed E-state index contributed by atoms with van der Waals surface area (Å²) in [4.78, 5) is 38.8. The molecule has 1 aliphatic heterocycles. The van der Waals surface area contributed by atoms with Crippen molar-refractivity contribution < 1.29 is 19.1 Å². The summed E-state index contributed by atoms with van der Waals surface area (Å²) in [6.07, 6.45) is -0.247. The predicted octanol–water partition coefficient (Wildman–Crippen LogP) is 3.08. The Kier molecular flexibility index (Phi) is 4.07. The Balaban J connectivity index is 1.60. The molecule has 0 spiro atoms. The number of ketones is 1. The van der Waals surface area contributed by atoms with Gasteiger partial charge in [-0.3, -0.25) is 9.59 Å². The maximum absolute atomic E-state index is 13.1. The van der Waals surface area contributed by atoms with Crippen molar-refractivity contribution in [2.45, 2.75) is 31.9 Å². The molecule has 0 radical (unpaired) electrons. The van der Waals surface area contributed by atoms with Gasteiger partial charge in [0.1, 0.15) is 11.7 Å². The summed E-state index contributed by atoms with van der Waals surface area (Å²) in [7, 11) is 0. The third-order valence-electron chi connectivity index (χ3n) is 5.21. The molecule has 2 aliphatic rings. The average molecular weight is 349 g/mol. The Labute approximate surface area is 151 Å². The van der Waals surface area contributed by atoms with Crippen LogP contribution in [0.2, 0.25) is 0 Å². The van der Waals surface area contributed by atoms with E-state index in [0.717, 1.165) is 16.7 Å². The molecule has 1 saturated heterocycles. The summed E-state index contributed by atoms with van der Waals surface area (Å²) in [6.45, 7) is 1.40. The highest BCUT2D eigenvalue weighted by atomic mass is 16.6. The molecule has 1 unspecified atom stereocenters. The van der Waals surface area contributed by atoms with Crippen molar-refractivity contribution in [1.82, 2.24) is 4.90 Å². The molecule has 4 rings (SSSR count). The zero-order chi connectivity index (χ0) is 18.3. The van der Waals surface area contributed by atoms with E-state index in [1.807, 2.05) is 54.6 Å². The normalized spacial score (nSPS) is 21.7. The minimum absolute atomic E-state index is 0.245. The first-order valence-corrected chi connectivity index (χ1v) is 8.72. The smallest absolute Gasteiger partial charge is 0.417 e. The highest BCUT2D eigenvalue weighted by Gasteiger charge is 2.51. The van der Waals surface area contributed by atoms with Crippen molar-refractivity contribution in [2.24, 2.45) is 5.92 Å². The molecule has 26 heavy (non-hydrogen) atoms. The molecule has 5 heteroatoms. The number of nitrogens with zero attached hydrogens (tertiary/aromatic N) is 1. The SMILES string of the molecule is CC(=O)C(Cc1ccccc1)C(=O)N1C(=O)O[C@H]2c3ccccc3C[C@H]21. The van der Waals surface area contributed by atoms with Gasteiger partial charge in [-0.25, -0.2) is 9.69 Å². The van der Waals surface area contributed by atoms with Crippen LogP contribution < -0.4 is 0 Å². The van der Waals surface area contributed by atoms with Crippen LogP contribution in [0.5, 0.6) is 0 Å². The zero-order valence-corrected chi connectivity index (χ0v) is 14.4. The fourth-order valence-corrected chi connectivity index (χ4v) is 3.88. The highest BCUT2D eigenvalue weighted by Crippen LogP contribution is 2.42. The first-order valence-electron chi connectivity index (χ1n) is 8.72. The minimum Gasteiger partial charge on any atom is -0.439 e. The van der Waals surface area contributed by atoms with Crippen LogP contribution in [-0.4, -0.2) is 28.7 Å². The van der Waals surface area contributed by atoms with Gasteiger partial charge in [0.05, 0.1) is 6.04 Å².